The molecule has 0 bridgehead atoms. The molecule has 0 saturated carbocycles. The minimum absolute atomic E-state index is 0.0334. The van der Waals surface area contributed by atoms with E-state index in [1.807, 2.05) is 26.0 Å². The fourth-order valence-corrected chi connectivity index (χ4v) is 1.81. The van der Waals surface area contributed by atoms with Crippen LogP contribution in [0, 0.1) is 0 Å². The topological polar surface area (TPSA) is 46.3 Å². The summed E-state index contributed by atoms with van der Waals surface area (Å²) in [4.78, 5) is 11.8. The van der Waals surface area contributed by atoms with E-state index in [0.29, 0.717) is 12.2 Å². The molecule has 4 nitrogen and oxygen atoms in total. The molecule has 5 heteroatoms. The van der Waals surface area contributed by atoms with Crippen molar-refractivity contribution in [3.8, 4) is 0 Å². The smallest absolute Gasteiger partial charge is 0.316 e. The fraction of sp³-hybridized carbons (Fsp3) is 0.350. The van der Waals surface area contributed by atoms with Crippen LogP contribution >= 0.6 is 0 Å². The predicted molar refractivity (Wildman–Crippen MR) is 107 cm³/mol. The van der Waals surface area contributed by atoms with Crippen LogP contribution in [0.5, 0.6) is 0 Å². The second-order valence-electron chi connectivity index (χ2n) is 5.08. The number of ether oxygens (including phenoxy) is 1. The van der Waals surface area contributed by atoms with Crippen LogP contribution in [0.25, 0.3) is 0 Å². The molecule has 0 aromatic heterocycles. The minimum Gasteiger partial charge on any atom is -0.464 e. The number of nitrogens with zero attached hydrogens (tertiary/aromatic N) is 3. The van der Waals surface area contributed by atoms with Crippen molar-refractivity contribution in [2.75, 3.05) is 13.7 Å². The number of amidine groups is 1. The second-order valence-corrected chi connectivity index (χ2v) is 5.08. The number of aliphatic imine (C=N–C) groups is 3. The van der Waals surface area contributed by atoms with Gasteiger partial charge in [0.15, 0.2) is 6.17 Å². The third kappa shape index (κ3) is 8.74. The summed E-state index contributed by atoms with van der Waals surface area (Å²) in [6.07, 6.45) is 8.78. The SMILES string of the molecule is C=C\C(C)=C/C(/C=C\C(F)C(/N=C(\N=C)OCC)=C(C)\C=N/C)=C\C. The molecule has 0 aromatic carbocycles. The Morgan fingerprint density at radius 2 is 2.00 bits per heavy atom. The van der Waals surface area contributed by atoms with Crippen molar-refractivity contribution in [1.29, 1.82) is 0 Å². The summed E-state index contributed by atoms with van der Waals surface area (Å²) in [5.74, 6) is 0. The standard InChI is InChI=1S/C20H28FN3O/c1-8-15(4)13-17(9-2)11-12-18(21)19(16(5)14-22-6)24-20(23-7)25-10-3/h8-9,11-14,18H,1,7,10H2,2-6H3/b12-11-,15-13-,17-9-,19-16+,22-14-,24-20+. The molecule has 0 amide bonds. The fourth-order valence-electron chi connectivity index (χ4n) is 1.81. The summed E-state index contributed by atoms with van der Waals surface area (Å²) < 4.78 is 20.0. The first-order valence-electron chi connectivity index (χ1n) is 8.03. The zero-order chi connectivity index (χ0) is 19.2. The van der Waals surface area contributed by atoms with Gasteiger partial charge < -0.3 is 4.74 Å². The summed E-state index contributed by atoms with van der Waals surface area (Å²) in [6, 6.07) is 0.0334. The van der Waals surface area contributed by atoms with Gasteiger partial charge in [-0.1, -0.05) is 36.5 Å². The molecule has 0 radical (unpaired) electrons. The highest BCUT2D eigenvalue weighted by atomic mass is 19.1. The van der Waals surface area contributed by atoms with Crippen molar-refractivity contribution < 1.29 is 9.13 Å². The van der Waals surface area contributed by atoms with Crippen molar-refractivity contribution in [2.45, 2.75) is 33.9 Å². The van der Waals surface area contributed by atoms with E-state index in [4.69, 9.17) is 4.74 Å². The molecule has 0 fully saturated rings. The van der Waals surface area contributed by atoms with Crippen molar-refractivity contribution in [3.05, 3.63) is 59.4 Å². The Kier molecular flexibility index (Phi) is 11.5. The van der Waals surface area contributed by atoms with Gasteiger partial charge in [0.25, 0.3) is 0 Å². The zero-order valence-corrected chi connectivity index (χ0v) is 15.8. The molecule has 0 spiro atoms. The number of rotatable bonds is 8. The molecule has 0 N–H and O–H groups in total. The molecular weight excluding hydrogens is 317 g/mol. The Labute approximate surface area is 150 Å². The molecule has 136 valence electrons. The highest BCUT2D eigenvalue weighted by Crippen LogP contribution is 2.17. The Morgan fingerprint density at radius 1 is 1.32 bits per heavy atom. The first-order chi connectivity index (χ1) is 11.9. The number of allylic oxidation sites excluding steroid dienone is 8. The number of alkyl halides is 1. The van der Waals surface area contributed by atoms with Crippen LogP contribution in [0.2, 0.25) is 0 Å². The molecule has 0 aliphatic rings. The summed E-state index contributed by atoms with van der Waals surface area (Å²) >= 11 is 0. The van der Waals surface area contributed by atoms with Crippen molar-refractivity contribution >= 4 is 19.0 Å². The molecule has 0 aliphatic carbocycles. The molecule has 0 aliphatic heterocycles. The lowest BCUT2D eigenvalue weighted by Crippen LogP contribution is -2.08. The van der Waals surface area contributed by atoms with E-state index in [1.165, 1.54) is 6.08 Å². The van der Waals surface area contributed by atoms with Crippen LogP contribution in [0.4, 0.5) is 4.39 Å². The summed E-state index contributed by atoms with van der Waals surface area (Å²) in [5.41, 5.74) is 2.63. The normalized spacial score (nSPS) is 16.2. The van der Waals surface area contributed by atoms with Gasteiger partial charge in [-0.25, -0.2) is 9.38 Å². The van der Waals surface area contributed by atoms with Gasteiger partial charge in [0.2, 0.25) is 0 Å². The lowest BCUT2D eigenvalue weighted by molar-refractivity contribution is 0.320. The molecule has 1 unspecified atom stereocenters. The van der Waals surface area contributed by atoms with E-state index >= 15 is 0 Å². The average Bonchev–Trinajstić information content (AvgIpc) is 2.61. The molecule has 0 saturated heterocycles. The molecule has 25 heavy (non-hydrogen) atoms. The minimum atomic E-state index is -1.44. The number of halogens is 1. The monoisotopic (exact) mass is 345 g/mol. The maximum atomic E-state index is 14.8. The van der Waals surface area contributed by atoms with E-state index in [2.05, 4.69) is 28.3 Å². The number of hydrogen-bond donors (Lipinski definition) is 0. The van der Waals surface area contributed by atoms with Crippen molar-refractivity contribution in [1.82, 2.24) is 0 Å². The van der Waals surface area contributed by atoms with Crippen molar-refractivity contribution in [2.24, 2.45) is 15.0 Å². The molecule has 0 heterocycles. The molecule has 0 aromatic rings. The predicted octanol–water partition coefficient (Wildman–Crippen LogP) is 5.03. The Hall–Kier alpha value is -2.56. The number of hydrogen-bond acceptors (Lipinski definition) is 3. The first kappa shape index (κ1) is 22.4. The van der Waals surface area contributed by atoms with Gasteiger partial charge in [-0.3, -0.25) is 4.99 Å². The zero-order valence-electron chi connectivity index (χ0n) is 15.8. The van der Waals surface area contributed by atoms with Crippen LogP contribution in [0.15, 0.2) is 74.4 Å². The van der Waals surface area contributed by atoms with Gasteiger partial charge >= 0.3 is 6.02 Å². The van der Waals surface area contributed by atoms with Crippen LogP contribution in [-0.2, 0) is 4.74 Å². The van der Waals surface area contributed by atoms with Gasteiger partial charge in [-0.2, -0.15) is 4.99 Å². The Bertz CT molecular complexity index is 637. The molecular formula is C20H28FN3O. The lowest BCUT2D eigenvalue weighted by atomic mass is 10.1. The van der Waals surface area contributed by atoms with E-state index < -0.39 is 6.17 Å². The van der Waals surface area contributed by atoms with Gasteiger partial charge in [-0.15, -0.1) is 0 Å². The molecule has 1 atom stereocenters. The third-order valence-corrected chi connectivity index (χ3v) is 3.12. The van der Waals surface area contributed by atoms with Gasteiger partial charge in [0.05, 0.1) is 12.3 Å². The van der Waals surface area contributed by atoms with Crippen LogP contribution in [0.1, 0.15) is 27.7 Å². The average molecular weight is 345 g/mol. The third-order valence-electron chi connectivity index (χ3n) is 3.12. The van der Waals surface area contributed by atoms with Gasteiger partial charge in [0, 0.05) is 13.3 Å². The van der Waals surface area contributed by atoms with Crippen LogP contribution in [0.3, 0.4) is 0 Å². The van der Waals surface area contributed by atoms with E-state index in [0.717, 1.165) is 11.1 Å². The van der Waals surface area contributed by atoms with Crippen molar-refractivity contribution in [3.63, 3.8) is 0 Å². The maximum absolute atomic E-state index is 14.8. The summed E-state index contributed by atoms with van der Waals surface area (Å²) in [5, 5.41) is 0. The van der Waals surface area contributed by atoms with Crippen LogP contribution < -0.4 is 0 Å². The largest absolute Gasteiger partial charge is 0.464 e. The van der Waals surface area contributed by atoms with E-state index in [9.17, 15) is 4.39 Å². The van der Waals surface area contributed by atoms with Gasteiger partial charge in [0.1, 0.15) is 0 Å². The van der Waals surface area contributed by atoms with E-state index in [-0.39, 0.29) is 11.7 Å². The highest BCUT2D eigenvalue weighted by molar-refractivity contribution is 5.83. The Balaban J connectivity index is 5.76. The maximum Gasteiger partial charge on any atom is 0.316 e. The molecule has 0 rings (SSSR count). The lowest BCUT2D eigenvalue weighted by Gasteiger charge is -2.09. The summed E-state index contributed by atoms with van der Waals surface area (Å²) in [7, 11) is 1.61. The second kappa shape index (κ2) is 12.8. The Morgan fingerprint density at radius 3 is 2.48 bits per heavy atom. The highest BCUT2D eigenvalue weighted by Gasteiger charge is 2.14. The quantitative estimate of drug-likeness (QED) is 0.346. The van der Waals surface area contributed by atoms with Gasteiger partial charge in [-0.05, 0) is 51.6 Å². The van der Waals surface area contributed by atoms with E-state index in [1.54, 1.807) is 39.3 Å². The first-order valence-corrected chi connectivity index (χ1v) is 8.03. The summed E-state index contributed by atoms with van der Waals surface area (Å²) in [6.45, 7) is 14.8. The van der Waals surface area contributed by atoms with Crippen LogP contribution in [-0.4, -0.2) is 38.8 Å².